The lowest BCUT2D eigenvalue weighted by Crippen LogP contribution is -2.26. The molecule has 23 heavy (non-hydrogen) atoms. The molecule has 1 amide bonds. The monoisotopic (exact) mass is 395 g/mol. The van der Waals surface area contributed by atoms with Crippen molar-refractivity contribution in [2.75, 3.05) is 6.79 Å². The zero-order valence-electron chi connectivity index (χ0n) is 12.8. The number of benzene rings is 1. The van der Waals surface area contributed by atoms with Gasteiger partial charge in [-0.25, -0.2) is 0 Å². The minimum Gasteiger partial charge on any atom is -0.454 e. The molecule has 0 saturated carbocycles. The van der Waals surface area contributed by atoms with E-state index in [4.69, 9.17) is 9.47 Å². The van der Waals surface area contributed by atoms with Gasteiger partial charge in [0.2, 0.25) is 12.7 Å². The van der Waals surface area contributed by atoms with Crippen LogP contribution in [0.15, 0.2) is 34.1 Å². The van der Waals surface area contributed by atoms with E-state index in [0.717, 1.165) is 33.7 Å². The zero-order chi connectivity index (χ0) is 16.2. The largest absolute Gasteiger partial charge is 0.454 e. The van der Waals surface area contributed by atoms with E-state index in [1.54, 1.807) is 11.3 Å². The van der Waals surface area contributed by atoms with E-state index in [1.165, 1.54) is 4.88 Å². The van der Waals surface area contributed by atoms with Crippen LogP contribution in [0, 0.1) is 0 Å². The van der Waals surface area contributed by atoms with Crippen LogP contribution in [0.5, 0.6) is 11.5 Å². The molecule has 1 N–H and O–H groups in total. The van der Waals surface area contributed by atoms with Crippen molar-refractivity contribution < 1.29 is 14.3 Å². The molecule has 2 aromatic rings. The number of ether oxygens (including phenoxy) is 2. The first-order valence-corrected chi connectivity index (χ1v) is 9.16. The second-order valence-corrected chi connectivity index (χ2v) is 8.01. The second-order valence-electron chi connectivity index (χ2n) is 5.46. The fourth-order valence-electron chi connectivity index (χ4n) is 2.49. The quantitative estimate of drug-likeness (QED) is 0.786. The van der Waals surface area contributed by atoms with Gasteiger partial charge in [0.05, 0.1) is 9.83 Å². The summed E-state index contributed by atoms with van der Waals surface area (Å²) >= 11 is 5.17. The number of halogens is 1. The molecule has 0 spiro atoms. The van der Waals surface area contributed by atoms with E-state index in [2.05, 4.69) is 27.3 Å². The van der Waals surface area contributed by atoms with Gasteiger partial charge in [-0.2, -0.15) is 0 Å². The van der Waals surface area contributed by atoms with Gasteiger partial charge in [0, 0.05) is 11.3 Å². The second kappa shape index (κ2) is 7.36. The Kier molecular flexibility index (Phi) is 5.23. The maximum atomic E-state index is 12.1. The summed E-state index contributed by atoms with van der Waals surface area (Å²) in [6.07, 6.45) is 2.32. The minimum absolute atomic E-state index is 0.0483. The van der Waals surface area contributed by atoms with Crippen LogP contribution in [0.2, 0.25) is 0 Å². The molecule has 0 radical (unpaired) electrons. The Balaban J connectivity index is 1.47. The average molecular weight is 396 g/mol. The number of hydrogen-bond donors (Lipinski definition) is 1. The SMILES string of the molecule is CC(NC(=O)CCCc1ccc(Br)s1)c1ccc2c(c1)OCO2. The Morgan fingerprint density at radius 1 is 1.30 bits per heavy atom. The third-order valence-electron chi connectivity index (χ3n) is 3.73. The molecule has 6 heteroatoms. The summed E-state index contributed by atoms with van der Waals surface area (Å²) in [7, 11) is 0. The Hall–Kier alpha value is -1.53. The molecule has 0 saturated heterocycles. The van der Waals surface area contributed by atoms with Crippen molar-refractivity contribution in [1.29, 1.82) is 0 Å². The highest BCUT2D eigenvalue weighted by Gasteiger charge is 2.16. The Morgan fingerprint density at radius 2 is 2.13 bits per heavy atom. The molecule has 122 valence electrons. The van der Waals surface area contributed by atoms with E-state index < -0.39 is 0 Å². The van der Waals surface area contributed by atoms with Crippen molar-refractivity contribution in [3.8, 4) is 11.5 Å². The molecule has 0 fully saturated rings. The Labute approximate surface area is 147 Å². The van der Waals surface area contributed by atoms with Gasteiger partial charge in [0.25, 0.3) is 0 Å². The van der Waals surface area contributed by atoms with Crippen LogP contribution >= 0.6 is 27.3 Å². The number of hydrogen-bond acceptors (Lipinski definition) is 4. The molecule has 0 bridgehead atoms. The van der Waals surface area contributed by atoms with Gasteiger partial charge < -0.3 is 14.8 Å². The summed E-state index contributed by atoms with van der Waals surface area (Å²) in [6, 6.07) is 9.87. The summed E-state index contributed by atoms with van der Waals surface area (Å²) in [5, 5.41) is 3.04. The average Bonchev–Trinajstić information content (AvgIpc) is 3.15. The van der Waals surface area contributed by atoms with Crippen molar-refractivity contribution in [3.63, 3.8) is 0 Å². The molecule has 4 nitrogen and oxygen atoms in total. The van der Waals surface area contributed by atoms with Crippen LogP contribution in [-0.2, 0) is 11.2 Å². The highest BCUT2D eigenvalue weighted by atomic mass is 79.9. The molecule has 3 rings (SSSR count). The van der Waals surface area contributed by atoms with Crippen LogP contribution in [-0.4, -0.2) is 12.7 Å². The summed E-state index contributed by atoms with van der Waals surface area (Å²) in [6.45, 7) is 2.24. The summed E-state index contributed by atoms with van der Waals surface area (Å²) < 4.78 is 11.8. The smallest absolute Gasteiger partial charge is 0.231 e. The first-order valence-electron chi connectivity index (χ1n) is 7.55. The van der Waals surface area contributed by atoms with Gasteiger partial charge in [-0.1, -0.05) is 6.07 Å². The third-order valence-corrected chi connectivity index (χ3v) is 5.41. The molecule has 1 aliphatic heterocycles. The van der Waals surface area contributed by atoms with E-state index in [0.29, 0.717) is 6.42 Å². The van der Waals surface area contributed by atoms with Crippen LogP contribution in [0.1, 0.15) is 36.2 Å². The summed E-state index contributed by atoms with van der Waals surface area (Å²) in [5.41, 5.74) is 1.02. The van der Waals surface area contributed by atoms with E-state index in [1.807, 2.05) is 31.2 Å². The molecule has 0 aliphatic carbocycles. The van der Waals surface area contributed by atoms with Gasteiger partial charge in [-0.3, -0.25) is 4.79 Å². The van der Waals surface area contributed by atoms with E-state index in [9.17, 15) is 4.79 Å². The van der Waals surface area contributed by atoms with Crippen molar-refractivity contribution in [2.24, 2.45) is 0 Å². The lowest BCUT2D eigenvalue weighted by Gasteiger charge is -2.14. The first kappa shape index (κ1) is 16.3. The van der Waals surface area contributed by atoms with E-state index >= 15 is 0 Å². The van der Waals surface area contributed by atoms with Gasteiger partial charge in [0.1, 0.15) is 0 Å². The fraction of sp³-hybridized carbons (Fsp3) is 0.353. The highest BCUT2D eigenvalue weighted by molar-refractivity contribution is 9.11. The number of rotatable bonds is 6. The number of aryl methyl sites for hydroxylation is 1. The lowest BCUT2D eigenvalue weighted by atomic mass is 10.1. The maximum Gasteiger partial charge on any atom is 0.231 e. The Bertz CT molecular complexity index is 701. The van der Waals surface area contributed by atoms with Gasteiger partial charge >= 0.3 is 0 Å². The van der Waals surface area contributed by atoms with Gasteiger partial charge in [0.15, 0.2) is 11.5 Å². The molecule has 1 unspecified atom stereocenters. The van der Waals surface area contributed by atoms with Crippen molar-refractivity contribution in [2.45, 2.75) is 32.2 Å². The van der Waals surface area contributed by atoms with E-state index in [-0.39, 0.29) is 18.7 Å². The molecule has 1 aromatic carbocycles. The molecule has 1 atom stereocenters. The minimum atomic E-state index is -0.0483. The molecule has 2 heterocycles. The number of amides is 1. The Morgan fingerprint density at radius 3 is 2.91 bits per heavy atom. The normalized spacial score (nSPS) is 13.8. The number of thiophene rings is 1. The van der Waals surface area contributed by atoms with Crippen LogP contribution in [0.25, 0.3) is 0 Å². The van der Waals surface area contributed by atoms with Crippen LogP contribution < -0.4 is 14.8 Å². The van der Waals surface area contributed by atoms with Gasteiger partial charge in [-0.15, -0.1) is 11.3 Å². The highest BCUT2D eigenvalue weighted by Crippen LogP contribution is 2.34. The molecule has 1 aromatic heterocycles. The molecule has 1 aliphatic rings. The van der Waals surface area contributed by atoms with Crippen molar-refractivity contribution >= 4 is 33.2 Å². The van der Waals surface area contributed by atoms with Crippen LogP contribution in [0.3, 0.4) is 0 Å². The van der Waals surface area contributed by atoms with Crippen molar-refractivity contribution in [1.82, 2.24) is 5.32 Å². The van der Waals surface area contributed by atoms with Crippen molar-refractivity contribution in [3.05, 3.63) is 44.6 Å². The topological polar surface area (TPSA) is 47.6 Å². The summed E-state index contributed by atoms with van der Waals surface area (Å²) in [4.78, 5) is 13.4. The lowest BCUT2D eigenvalue weighted by molar-refractivity contribution is -0.121. The molecular formula is C17H18BrNO3S. The zero-order valence-corrected chi connectivity index (χ0v) is 15.2. The number of fused-ring (bicyclic) bond motifs is 1. The first-order chi connectivity index (χ1) is 11.1. The predicted molar refractivity (Wildman–Crippen MR) is 94.1 cm³/mol. The standard InChI is InChI=1S/C17H18BrNO3S/c1-11(12-5-7-14-15(9-12)22-10-21-14)19-17(20)4-2-3-13-6-8-16(18)23-13/h5-9,11H,2-4,10H2,1H3,(H,19,20). The number of carbonyl (C=O) groups excluding carboxylic acids is 1. The van der Waals surface area contributed by atoms with Crippen LogP contribution in [0.4, 0.5) is 0 Å². The third kappa shape index (κ3) is 4.26. The maximum absolute atomic E-state index is 12.1. The number of carbonyl (C=O) groups is 1. The fourth-order valence-corrected chi connectivity index (χ4v) is 4.01. The summed E-state index contributed by atoms with van der Waals surface area (Å²) in [5.74, 6) is 1.58. The predicted octanol–water partition coefficient (Wildman–Crippen LogP) is 4.44. The number of nitrogens with one attached hydrogen (secondary N) is 1. The van der Waals surface area contributed by atoms with Gasteiger partial charge in [-0.05, 0) is 65.5 Å². The molecular weight excluding hydrogens is 378 g/mol.